The second kappa shape index (κ2) is 8.62. The van der Waals surface area contributed by atoms with Crippen LogP contribution in [0, 0.1) is 0 Å². The van der Waals surface area contributed by atoms with E-state index in [2.05, 4.69) is 9.72 Å². The average Bonchev–Trinajstić information content (AvgIpc) is 2.45. The Morgan fingerprint density at radius 3 is 2.44 bits per heavy atom. The molecule has 0 atom stereocenters. The number of carboxylic acid groups (broad SMARTS) is 1. The quantitative estimate of drug-likeness (QED) is 0.621. The Bertz CT molecular complexity index is 640. The second-order valence-electron chi connectivity index (χ2n) is 5.77. The van der Waals surface area contributed by atoms with Crippen LogP contribution < -0.4 is 10.2 Å². The summed E-state index contributed by atoms with van der Waals surface area (Å²) < 4.78 is 9.02. The van der Waals surface area contributed by atoms with Crippen LogP contribution in [0.2, 0.25) is 0 Å². The fourth-order valence-electron chi connectivity index (χ4n) is 1.62. The summed E-state index contributed by atoms with van der Waals surface area (Å²) in [6, 6.07) is 4.87. The van der Waals surface area contributed by atoms with Gasteiger partial charge in [-0.2, -0.15) is 0 Å². The summed E-state index contributed by atoms with van der Waals surface area (Å²) in [4.78, 5) is 50.4. The van der Waals surface area contributed by atoms with E-state index in [-0.39, 0.29) is 18.8 Å². The highest BCUT2D eigenvalue weighted by atomic mass is 16.7. The molecule has 0 unspecified atom stereocenters. The molecule has 136 valence electrons. The van der Waals surface area contributed by atoms with E-state index in [1.165, 1.54) is 6.20 Å². The van der Waals surface area contributed by atoms with E-state index in [9.17, 15) is 19.2 Å². The third-order valence-corrected chi connectivity index (χ3v) is 2.52. The average molecular weight is 353 g/mol. The molecular formula is C15H19N3O7. The van der Waals surface area contributed by atoms with Gasteiger partial charge in [0.2, 0.25) is 5.91 Å². The number of hydrogen-bond acceptors (Lipinski definition) is 7. The Morgan fingerprint density at radius 1 is 1.24 bits per heavy atom. The summed E-state index contributed by atoms with van der Waals surface area (Å²) in [6.45, 7) is 4.93. The summed E-state index contributed by atoms with van der Waals surface area (Å²) in [5, 5.41) is 10.00. The van der Waals surface area contributed by atoms with E-state index in [0.717, 1.165) is 4.90 Å². The Kier molecular flexibility index (Phi) is 6.85. The van der Waals surface area contributed by atoms with E-state index < -0.39 is 29.9 Å². The fraction of sp³-hybridized carbons (Fsp3) is 0.400. The molecule has 10 nitrogen and oxygen atoms in total. The van der Waals surface area contributed by atoms with Crippen molar-refractivity contribution in [2.75, 3.05) is 11.4 Å². The third kappa shape index (κ3) is 7.77. The van der Waals surface area contributed by atoms with Crippen molar-refractivity contribution in [3.8, 4) is 0 Å². The van der Waals surface area contributed by atoms with E-state index in [1.54, 1.807) is 44.3 Å². The minimum absolute atomic E-state index is 0.141. The summed E-state index contributed by atoms with van der Waals surface area (Å²) in [5.41, 5.74) is -0.752. The maximum absolute atomic E-state index is 12.3. The van der Waals surface area contributed by atoms with Gasteiger partial charge >= 0.3 is 18.3 Å². The predicted octanol–water partition coefficient (Wildman–Crippen LogP) is 2.14. The van der Waals surface area contributed by atoms with Crippen molar-refractivity contribution in [1.82, 2.24) is 10.3 Å². The van der Waals surface area contributed by atoms with Crippen LogP contribution in [-0.4, -0.2) is 46.5 Å². The van der Waals surface area contributed by atoms with E-state index in [1.807, 2.05) is 0 Å². The van der Waals surface area contributed by atoms with Crippen molar-refractivity contribution in [3.63, 3.8) is 0 Å². The summed E-state index contributed by atoms with van der Waals surface area (Å²) >= 11 is 0. The number of hydrogen-bond donors (Lipinski definition) is 2. The molecule has 0 aliphatic heterocycles. The fourth-order valence-corrected chi connectivity index (χ4v) is 1.62. The van der Waals surface area contributed by atoms with Gasteiger partial charge in [0.25, 0.3) is 0 Å². The van der Waals surface area contributed by atoms with Gasteiger partial charge in [-0.15, -0.1) is 0 Å². The first-order valence-corrected chi connectivity index (χ1v) is 7.24. The van der Waals surface area contributed by atoms with Crippen LogP contribution in [0.3, 0.4) is 0 Å². The SMILES string of the molecule is CC(C)(C)OC(=O)N(CCC(=O)NC(=O)OC(=O)O)c1ccccn1. The number of amides is 3. The van der Waals surface area contributed by atoms with Crippen LogP contribution in [-0.2, 0) is 14.3 Å². The molecule has 0 fully saturated rings. The highest BCUT2D eigenvalue weighted by Crippen LogP contribution is 2.16. The lowest BCUT2D eigenvalue weighted by atomic mass is 10.2. The number of carbonyl (C=O) groups is 4. The lowest BCUT2D eigenvalue weighted by molar-refractivity contribution is -0.120. The molecule has 1 heterocycles. The number of carbonyl (C=O) groups excluding carboxylic acids is 3. The highest BCUT2D eigenvalue weighted by Gasteiger charge is 2.25. The maximum atomic E-state index is 12.3. The molecule has 1 aromatic heterocycles. The first-order chi connectivity index (χ1) is 11.6. The van der Waals surface area contributed by atoms with E-state index >= 15 is 0 Å². The zero-order valence-electron chi connectivity index (χ0n) is 14.0. The molecule has 3 amide bonds. The van der Waals surface area contributed by atoms with Gasteiger partial charge in [-0.25, -0.2) is 19.4 Å². The normalized spacial score (nSPS) is 10.5. The lowest BCUT2D eigenvalue weighted by Gasteiger charge is -2.26. The number of anilines is 1. The molecule has 0 saturated heterocycles. The van der Waals surface area contributed by atoms with Crippen molar-refractivity contribution in [2.24, 2.45) is 0 Å². The van der Waals surface area contributed by atoms with Crippen molar-refractivity contribution in [1.29, 1.82) is 0 Å². The molecule has 1 rings (SSSR count). The summed E-state index contributed by atoms with van der Waals surface area (Å²) in [5.74, 6) is -0.562. The molecule has 0 saturated carbocycles. The van der Waals surface area contributed by atoms with Crippen LogP contribution in [0.25, 0.3) is 0 Å². The molecule has 0 aromatic carbocycles. The van der Waals surface area contributed by atoms with Crippen LogP contribution in [0.15, 0.2) is 24.4 Å². The van der Waals surface area contributed by atoms with E-state index in [0.29, 0.717) is 0 Å². The third-order valence-electron chi connectivity index (χ3n) is 2.52. The summed E-state index contributed by atoms with van der Waals surface area (Å²) in [7, 11) is 0. The zero-order valence-corrected chi connectivity index (χ0v) is 14.0. The smallest absolute Gasteiger partial charge is 0.449 e. The molecule has 25 heavy (non-hydrogen) atoms. The Hall–Kier alpha value is -3.17. The number of rotatable bonds is 4. The number of pyridine rings is 1. The van der Waals surface area contributed by atoms with Gasteiger partial charge in [0.15, 0.2) is 0 Å². The first-order valence-electron chi connectivity index (χ1n) is 7.24. The largest absolute Gasteiger partial charge is 0.514 e. The number of nitrogens with zero attached hydrogens (tertiary/aromatic N) is 2. The first kappa shape index (κ1) is 19.9. The van der Waals surface area contributed by atoms with Gasteiger partial charge in [-0.05, 0) is 32.9 Å². The standard InChI is InChI=1S/C15H19N3O7/c1-15(2,3)25-13(21)18(10-6-4-5-8-16-10)9-7-11(19)17-12(20)24-14(22)23/h4-6,8H,7,9H2,1-3H3,(H,22,23)(H,17,19,20). The van der Waals surface area contributed by atoms with Crippen LogP contribution in [0.4, 0.5) is 20.2 Å². The maximum Gasteiger partial charge on any atom is 0.514 e. The van der Waals surface area contributed by atoms with Gasteiger partial charge in [0, 0.05) is 19.2 Å². The molecular weight excluding hydrogens is 334 g/mol. The Labute approximate surface area is 143 Å². The van der Waals surface area contributed by atoms with Gasteiger partial charge < -0.3 is 14.6 Å². The minimum atomic E-state index is -1.84. The Balaban J connectivity index is 2.74. The molecule has 10 heteroatoms. The monoisotopic (exact) mass is 353 g/mol. The number of ether oxygens (including phenoxy) is 2. The molecule has 2 N–H and O–H groups in total. The van der Waals surface area contributed by atoms with Crippen molar-refractivity contribution >= 4 is 30.1 Å². The topological polar surface area (TPSA) is 135 Å². The molecule has 1 aromatic rings. The molecule has 0 aliphatic rings. The van der Waals surface area contributed by atoms with Gasteiger partial charge in [-0.1, -0.05) is 6.07 Å². The number of alkyl carbamates (subject to hydrolysis) is 1. The highest BCUT2D eigenvalue weighted by molar-refractivity contribution is 5.95. The van der Waals surface area contributed by atoms with Crippen molar-refractivity contribution in [2.45, 2.75) is 32.8 Å². The Morgan fingerprint density at radius 2 is 1.92 bits per heavy atom. The van der Waals surface area contributed by atoms with Crippen LogP contribution in [0.1, 0.15) is 27.2 Å². The van der Waals surface area contributed by atoms with Gasteiger partial charge in [0.05, 0.1) is 0 Å². The molecule has 0 spiro atoms. The molecule has 0 bridgehead atoms. The van der Waals surface area contributed by atoms with E-state index in [4.69, 9.17) is 9.84 Å². The number of nitrogens with one attached hydrogen (secondary N) is 1. The van der Waals surface area contributed by atoms with Gasteiger partial charge in [0.1, 0.15) is 11.4 Å². The zero-order chi connectivity index (χ0) is 19.0. The number of aromatic nitrogens is 1. The van der Waals surface area contributed by atoms with Crippen LogP contribution >= 0.6 is 0 Å². The van der Waals surface area contributed by atoms with Crippen molar-refractivity contribution < 1.29 is 33.8 Å². The summed E-state index contributed by atoms with van der Waals surface area (Å²) in [6.07, 6.45) is -2.80. The minimum Gasteiger partial charge on any atom is -0.449 e. The van der Waals surface area contributed by atoms with Gasteiger partial charge in [-0.3, -0.25) is 15.0 Å². The predicted molar refractivity (Wildman–Crippen MR) is 85.1 cm³/mol. The molecule has 0 aliphatic carbocycles. The lowest BCUT2D eigenvalue weighted by Crippen LogP contribution is -2.40. The number of imide groups is 1. The van der Waals surface area contributed by atoms with Crippen molar-refractivity contribution in [3.05, 3.63) is 24.4 Å². The molecule has 0 radical (unpaired) electrons. The van der Waals surface area contributed by atoms with Crippen LogP contribution in [0.5, 0.6) is 0 Å². The second-order valence-corrected chi connectivity index (χ2v) is 5.77.